The minimum atomic E-state index is -0.537. The molecule has 2 aromatic rings. The lowest BCUT2D eigenvalue weighted by Crippen LogP contribution is -2.36. The van der Waals surface area contributed by atoms with Gasteiger partial charge in [0.1, 0.15) is 18.2 Å². The van der Waals surface area contributed by atoms with E-state index in [9.17, 15) is 9.59 Å². The van der Waals surface area contributed by atoms with Crippen LogP contribution in [0.25, 0.3) is 0 Å². The van der Waals surface area contributed by atoms with Crippen molar-refractivity contribution in [2.75, 3.05) is 0 Å². The van der Waals surface area contributed by atoms with Gasteiger partial charge in [-0.3, -0.25) is 9.59 Å². The summed E-state index contributed by atoms with van der Waals surface area (Å²) >= 11 is 1.55. The Kier molecular flexibility index (Phi) is 4.73. The molecule has 1 amide bonds. The van der Waals surface area contributed by atoms with Crippen molar-refractivity contribution >= 4 is 17.2 Å². The van der Waals surface area contributed by atoms with Gasteiger partial charge in [0, 0.05) is 4.88 Å². The molecule has 114 valence electrons. The first-order valence-electron chi connectivity index (χ1n) is 6.75. The maximum absolute atomic E-state index is 12.1. The molecule has 0 bridgehead atoms. The monoisotopic (exact) mass is 316 g/mol. The van der Waals surface area contributed by atoms with Gasteiger partial charge in [-0.1, -0.05) is 6.07 Å². The zero-order valence-corrected chi connectivity index (χ0v) is 13.4. The van der Waals surface area contributed by atoms with Crippen molar-refractivity contribution in [2.45, 2.75) is 33.4 Å². The number of nitrogens with zero attached hydrogens (tertiary/aromatic N) is 3. The van der Waals surface area contributed by atoms with E-state index < -0.39 is 5.56 Å². The number of rotatable bonds is 4. The molecular weight excluding hydrogens is 300 g/mol. The quantitative estimate of drug-likeness (QED) is 0.929. The largest absolute Gasteiger partial charge is 0.347 e. The van der Waals surface area contributed by atoms with Crippen LogP contribution in [0.4, 0.5) is 0 Å². The molecule has 22 heavy (non-hydrogen) atoms. The van der Waals surface area contributed by atoms with Crippen LogP contribution in [0, 0.1) is 25.2 Å². The Hall–Kier alpha value is -2.46. The summed E-state index contributed by atoms with van der Waals surface area (Å²) in [7, 11) is 0. The van der Waals surface area contributed by atoms with E-state index in [0.29, 0.717) is 11.3 Å². The molecule has 1 N–H and O–H groups in total. The molecule has 0 aromatic carbocycles. The summed E-state index contributed by atoms with van der Waals surface area (Å²) in [5.41, 5.74) is 0.613. The molecule has 0 aliphatic heterocycles. The predicted octanol–water partition coefficient (Wildman–Crippen LogP) is 1.67. The molecule has 7 heteroatoms. The Balaban J connectivity index is 2.18. The molecule has 1 atom stereocenters. The third-order valence-electron chi connectivity index (χ3n) is 3.39. The minimum absolute atomic E-state index is 0.0339. The van der Waals surface area contributed by atoms with E-state index in [0.717, 1.165) is 9.56 Å². The summed E-state index contributed by atoms with van der Waals surface area (Å²) in [6, 6.07) is 5.59. The fourth-order valence-corrected chi connectivity index (χ4v) is 2.78. The second kappa shape index (κ2) is 6.54. The van der Waals surface area contributed by atoms with E-state index in [1.807, 2.05) is 30.5 Å². The van der Waals surface area contributed by atoms with Crippen molar-refractivity contribution in [3.05, 3.63) is 49.6 Å². The third-order valence-corrected chi connectivity index (χ3v) is 4.44. The highest BCUT2D eigenvalue weighted by Gasteiger charge is 2.15. The Morgan fingerprint density at radius 2 is 2.27 bits per heavy atom. The van der Waals surface area contributed by atoms with Gasteiger partial charge in [0.25, 0.3) is 5.56 Å². The Morgan fingerprint density at radius 1 is 1.55 bits per heavy atom. The highest BCUT2D eigenvalue weighted by atomic mass is 32.1. The number of thiophene rings is 1. The topological polar surface area (TPSA) is 87.8 Å². The predicted molar refractivity (Wildman–Crippen MR) is 83.6 cm³/mol. The van der Waals surface area contributed by atoms with E-state index in [2.05, 4.69) is 10.4 Å². The van der Waals surface area contributed by atoms with E-state index in [4.69, 9.17) is 5.26 Å². The number of aryl methyl sites for hydroxylation is 1. The van der Waals surface area contributed by atoms with E-state index in [-0.39, 0.29) is 24.1 Å². The van der Waals surface area contributed by atoms with Gasteiger partial charge < -0.3 is 5.32 Å². The first-order valence-corrected chi connectivity index (χ1v) is 7.63. The molecule has 0 radical (unpaired) electrons. The standard InChI is InChI=1S/C15H16N4O2S/c1-9-10(2)18-19(15(21)12(9)7-16)8-14(20)17-11(3)13-5-4-6-22-13/h4-6,11H,8H2,1-3H3,(H,17,20)/t11-/m1/s1. The average molecular weight is 316 g/mol. The van der Waals surface area contributed by atoms with Crippen LogP contribution < -0.4 is 10.9 Å². The molecule has 0 saturated heterocycles. The number of amides is 1. The Bertz CT molecular complexity index is 787. The fourth-order valence-electron chi connectivity index (χ4n) is 2.04. The number of carbonyl (C=O) groups is 1. The van der Waals surface area contributed by atoms with Crippen molar-refractivity contribution < 1.29 is 4.79 Å². The van der Waals surface area contributed by atoms with E-state index in [1.54, 1.807) is 25.2 Å². The second-order valence-electron chi connectivity index (χ2n) is 4.96. The van der Waals surface area contributed by atoms with Gasteiger partial charge in [-0.25, -0.2) is 4.68 Å². The lowest BCUT2D eigenvalue weighted by atomic mass is 10.1. The molecule has 2 heterocycles. The summed E-state index contributed by atoms with van der Waals surface area (Å²) in [5, 5.41) is 17.9. The molecule has 6 nitrogen and oxygen atoms in total. The normalized spacial score (nSPS) is 11.7. The van der Waals surface area contributed by atoms with Crippen LogP contribution in [0.5, 0.6) is 0 Å². The third kappa shape index (κ3) is 3.23. The molecular formula is C15H16N4O2S. The van der Waals surface area contributed by atoms with Gasteiger partial charge >= 0.3 is 0 Å². The Morgan fingerprint density at radius 3 is 2.86 bits per heavy atom. The van der Waals surface area contributed by atoms with Crippen LogP contribution >= 0.6 is 11.3 Å². The number of hydrogen-bond acceptors (Lipinski definition) is 5. The molecule has 0 aliphatic carbocycles. The summed E-state index contributed by atoms with van der Waals surface area (Å²) in [6.07, 6.45) is 0. The smallest absolute Gasteiger partial charge is 0.285 e. The maximum atomic E-state index is 12.1. The van der Waals surface area contributed by atoms with E-state index >= 15 is 0 Å². The summed E-state index contributed by atoms with van der Waals surface area (Å²) in [5.74, 6) is -0.317. The lowest BCUT2D eigenvalue weighted by Gasteiger charge is -2.13. The summed E-state index contributed by atoms with van der Waals surface area (Å²) < 4.78 is 1.04. The van der Waals surface area contributed by atoms with Crippen LogP contribution in [0.15, 0.2) is 22.3 Å². The summed E-state index contributed by atoms with van der Waals surface area (Å²) in [6.45, 7) is 5.05. The second-order valence-corrected chi connectivity index (χ2v) is 5.94. The number of hydrogen-bond donors (Lipinski definition) is 1. The highest BCUT2D eigenvalue weighted by molar-refractivity contribution is 7.10. The van der Waals surface area contributed by atoms with Gasteiger partial charge in [0.2, 0.25) is 5.91 Å². The number of nitriles is 1. The maximum Gasteiger partial charge on any atom is 0.285 e. The summed E-state index contributed by atoms with van der Waals surface area (Å²) in [4.78, 5) is 25.2. The average Bonchev–Trinajstić information content (AvgIpc) is 2.99. The van der Waals surface area contributed by atoms with Crippen LogP contribution in [-0.4, -0.2) is 15.7 Å². The van der Waals surface area contributed by atoms with Crippen LogP contribution in [0.2, 0.25) is 0 Å². The molecule has 0 fully saturated rings. The van der Waals surface area contributed by atoms with Gasteiger partial charge in [0.05, 0.1) is 11.7 Å². The Labute approximate surface area is 132 Å². The van der Waals surface area contributed by atoms with Crippen LogP contribution in [0.3, 0.4) is 0 Å². The number of aromatic nitrogens is 2. The molecule has 2 rings (SSSR count). The number of carbonyl (C=O) groups excluding carboxylic acids is 1. The molecule has 0 saturated carbocycles. The highest BCUT2D eigenvalue weighted by Crippen LogP contribution is 2.17. The van der Waals surface area contributed by atoms with Crippen LogP contribution in [-0.2, 0) is 11.3 Å². The first kappa shape index (κ1) is 15.9. The minimum Gasteiger partial charge on any atom is -0.347 e. The zero-order chi connectivity index (χ0) is 16.3. The van der Waals surface area contributed by atoms with Gasteiger partial charge in [-0.2, -0.15) is 10.4 Å². The molecule has 2 aromatic heterocycles. The van der Waals surface area contributed by atoms with Crippen LogP contribution in [0.1, 0.15) is 34.7 Å². The van der Waals surface area contributed by atoms with Crippen molar-refractivity contribution in [3.8, 4) is 6.07 Å². The molecule has 0 unspecified atom stereocenters. The van der Waals surface area contributed by atoms with Gasteiger partial charge in [-0.15, -0.1) is 11.3 Å². The lowest BCUT2D eigenvalue weighted by molar-refractivity contribution is -0.122. The van der Waals surface area contributed by atoms with Crippen molar-refractivity contribution in [1.82, 2.24) is 15.1 Å². The van der Waals surface area contributed by atoms with Gasteiger partial charge in [0.15, 0.2) is 0 Å². The molecule has 0 aliphatic rings. The van der Waals surface area contributed by atoms with Crippen molar-refractivity contribution in [3.63, 3.8) is 0 Å². The van der Waals surface area contributed by atoms with Crippen molar-refractivity contribution in [2.24, 2.45) is 0 Å². The number of nitrogens with one attached hydrogen (secondary N) is 1. The molecule has 0 spiro atoms. The first-order chi connectivity index (χ1) is 10.4. The van der Waals surface area contributed by atoms with Crippen molar-refractivity contribution in [1.29, 1.82) is 5.26 Å². The zero-order valence-electron chi connectivity index (χ0n) is 12.6. The SMILES string of the molecule is Cc1nn(CC(=O)N[C@H](C)c2cccs2)c(=O)c(C#N)c1C. The van der Waals surface area contributed by atoms with E-state index in [1.165, 1.54) is 0 Å². The fraction of sp³-hybridized carbons (Fsp3) is 0.333. The van der Waals surface area contributed by atoms with Gasteiger partial charge in [-0.05, 0) is 37.8 Å².